The van der Waals surface area contributed by atoms with Gasteiger partial charge in [-0.2, -0.15) is 0 Å². The molecule has 0 aliphatic rings. The van der Waals surface area contributed by atoms with Crippen molar-refractivity contribution in [3.63, 3.8) is 0 Å². The summed E-state index contributed by atoms with van der Waals surface area (Å²) < 4.78 is 7.27. The Morgan fingerprint density at radius 2 is 1.83 bits per heavy atom. The first-order chi connectivity index (χ1) is 11.6. The van der Waals surface area contributed by atoms with E-state index in [-0.39, 0.29) is 4.88 Å². The molecule has 0 amide bonds. The number of carbonyl (C=O) groups excluding carboxylic acids is 1. The lowest BCUT2D eigenvalue weighted by atomic mass is 10.2. The summed E-state index contributed by atoms with van der Waals surface area (Å²) in [6, 6.07) is 14.4. The number of rotatable bonds is 3. The Bertz CT molecular complexity index is 1090. The second kappa shape index (κ2) is 5.74. The van der Waals surface area contributed by atoms with Crippen LogP contribution < -0.4 is 4.74 Å². The van der Waals surface area contributed by atoms with Crippen molar-refractivity contribution in [2.24, 2.45) is 0 Å². The summed E-state index contributed by atoms with van der Waals surface area (Å²) in [5, 5.41) is 12.5. The number of hydrogen-bond donors (Lipinski definition) is 1. The van der Waals surface area contributed by atoms with Gasteiger partial charge >= 0.3 is 11.9 Å². The van der Waals surface area contributed by atoms with E-state index in [1.807, 2.05) is 24.3 Å². The van der Waals surface area contributed by atoms with Crippen LogP contribution in [0.15, 0.2) is 53.9 Å². The number of hydrogen-bond acceptors (Lipinski definition) is 5. The average Bonchev–Trinajstić information content (AvgIpc) is 3.18. The minimum atomic E-state index is -0.959. The number of carboxylic acids is 1. The average molecular weight is 354 g/mol. The van der Waals surface area contributed by atoms with Gasteiger partial charge in [0.25, 0.3) is 0 Å². The number of carbonyl (C=O) groups is 2. The molecule has 4 aromatic rings. The molecule has 2 aromatic carbocycles. The molecule has 1 N–H and O–H groups in total. The number of ether oxygens (including phenoxy) is 1. The van der Waals surface area contributed by atoms with Crippen molar-refractivity contribution < 1.29 is 19.4 Å². The summed E-state index contributed by atoms with van der Waals surface area (Å²) in [6.45, 7) is 0. The first kappa shape index (κ1) is 14.9. The fraction of sp³-hybridized carbons (Fsp3) is 0. The third-order valence-corrected chi connectivity index (χ3v) is 5.66. The fourth-order valence-corrected chi connectivity index (χ4v) is 4.34. The number of aromatic carboxylic acids is 1. The third-order valence-electron chi connectivity index (χ3n) is 3.61. The summed E-state index contributed by atoms with van der Waals surface area (Å²) in [7, 11) is 0. The van der Waals surface area contributed by atoms with Crippen LogP contribution in [0.5, 0.6) is 5.75 Å². The van der Waals surface area contributed by atoms with E-state index in [0.717, 1.165) is 31.5 Å². The largest absolute Gasteiger partial charge is 0.477 e. The molecular weight excluding hydrogens is 344 g/mol. The van der Waals surface area contributed by atoms with Crippen molar-refractivity contribution in [3.05, 3.63) is 64.4 Å². The predicted molar refractivity (Wildman–Crippen MR) is 95.6 cm³/mol. The number of esters is 1. The molecule has 0 saturated carbocycles. The minimum Gasteiger partial charge on any atom is -0.477 e. The molecule has 4 rings (SSSR count). The van der Waals surface area contributed by atoms with Crippen LogP contribution in [0.25, 0.3) is 20.2 Å². The second-order valence-corrected chi connectivity index (χ2v) is 7.15. The van der Waals surface area contributed by atoms with E-state index in [1.54, 1.807) is 29.6 Å². The molecule has 0 aliphatic carbocycles. The highest BCUT2D eigenvalue weighted by molar-refractivity contribution is 7.20. The molecule has 6 heteroatoms. The standard InChI is InChI=1S/C18H10O4S2/c19-17(20)16-7-10-5-6-11(8-15(10)24-16)22-18(21)13-9-23-14-4-2-1-3-12(13)14/h1-9H,(H,19,20). The Hall–Kier alpha value is -2.70. The van der Waals surface area contributed by atoms with Crippen molar-refractivity contribution >= 4 is 54.8 Å². The van der Waals surface area contributed by atoms with Crippen LogP contribution >= 0.6 is 22.7 Å². The lowest BCUT2D eigenvalue weighted by Crippen LogP contribution is -2.07. The van der Waals surface area contributed by atoms with Gasteiger partial charge in [0, 0.05) is 20.2 Å². The molecule has 118 valence electrons. The molecule has 0 saturated heterocycles. The van der Waals surface area contributed by atoms with Gasteiger partial charge in [-0.15, -0.1) is 22.7 Å². The van der Waals surface area contributed by atoms with E-state index in [9.17, 15) is 9.59 Å². The van der Waals surface area contributed by atoms with Crippen LogP contribution in [0.1, 0.15) is 20.0 Å². The Labute approximate surface area is 144 Å². The van der Waals surface area contributed by atoms with Crippen LogP contribution in [-0.4, -0.2) is 17.0 Å². The lowest BCUT2D eigenvalue weighted by Gasteiger charge is -2.03. The zero-order chi connectivity index (χ0) is 16.7. The Morgan fingerprint density at radius 1 is 1.00 bits per heavy atom. The van der Waals surface area contributed by atoms with Gasteiger partial charge in [-0.3, -0.25) is 0 Å². The van der Waals surface area contributed by atoms with E-state index in [2.05, 4.69) is 0 Å². The topological polar surface area (TPSA) is 63.6 Å². The summed E-state index contributed by atoms with van der Waals surface area (Å²) in [5.41, 5.74) is 0.535. The van der Waals surface area contributed by atoms with Crippen LogP contribution in [0.4, 0.5) is 0 Å². The monoisotopic (exact) mass is 354 g/mol. The van der Waals surface area contributed by atoms with Gasteiger partial charge in [0.15, 0.2) is 0 Å². The minimum absolute atomic E-state index is 0.261. The first-order valence-corrected chi connectivity index (χ1v) is 8.77. The summed E-state index contributed by atoms with van der Waals surface area (Å²) in [6.07, 6.45) is 0. The van der Waals surface area contributed by atoms with Gasteiger partial charge in [-0.1, -0.05) is 18.2 Å². The summed E-state index contributed by atoms with van der Waals surface area (Å²) >= 11 is 2.66. The van der Waals surface area contributed by atoms with Gasteiger partial charge in [0.1, 0.15) is 10.6 Å². The number of carboxylic acid groups (broad SMARTS) is 1. The van der Waals surface area contributed by atoms with E-state index >= 15 is 0 Å². The predicted octanol–water partition coefficient (Wildman–Crippen LogP) is 5.03. The smallest absolute Gasteiger partial charge is 0.345 e. The van der Waals surface area contributed by atoms with Gasteiger partial charge in [-0.05, 0) is 35.7 Å². The molecule has 4 nitrogen and oxygen atoms in total. The molecule has 0 unspecified atom stereocenters. The first-order valence-electron chi connectivity index (χ1n) is 7.07. The van der Waals surface area contributed by atoms with Crippen molar-refractivity contribution in [1.82, 2.24) is 0 Å². The Kier molecular flexibility index (Phi) is 3.55. The molecule has 24 heavy (non-hydrogen) atoms. The van der Waals surface area contributed by atoms with Crippen molar-refractivity contribution in [2.75, 3.05) is 0 Å². The maximum atomic E-state index is 12.4. The Morgan fingerprint density at radius 3 is 2.67 bits per heavy atom. The van der Waals surface area contributed by atoms with Gasteiger partial charge < -0.3 is 9.84 Å². The molecule has 2 aromatic heterocycles. The zero-order valence-corrected chi connectivity index (χ0v) is 13.8. The van der Waals surface area contributed by atoms with Crippen LogP contribution in [0.2, 0.25) is 0 Å². The van der Waals surface area contributed by atoms with Crippen molar-refractivity contribution in [1.29, 1.82) is 0 Å². The summed E-state index contributed by atoms with van der Waals surface area (Å²) in [4.78, 5) is 23.7. The van der Waals surface area contributed by atoms with E-state index in [4.69, 9.17) is 9.84 Å². The van der Waals surface area contributed by atoms with Gasteiger partial charge in [0.2, 0.25) is 0 Å². The normalized spacial score (nSPS) is 11.0. The van der Waals surface area contributed by atoms with Crippen LogP contribution in [0.3, 0.4) is 0 Å². The van der Waals surface area contributed by atoms with E-state index in [0.29, 0.717) is 11.3 Å². The van der Waals surface area contributed by atoms with Gasteiger partial charge in [-0.25, -0.2) is 9.59 Å². The molecule has 0 radical (unpaired) electrons. The molecule has 2 heterocycles. The maximum Gasteiger partial charge on any atom is 0.345 e. The lowest BCUT2D eigenvalue weighted by molar-refractivity contribution is 0.0699. The van der Waals surface area contributed by atoms with Crippen molar-refractivity contribution in [2.45, 2.75) is 0 Å². The molecule has 0 aliphatic heterocycles. The molecule has 0 spiro atoms. The maximum absolute atomic E-state index is 12.4. The molecule has 0 bridgehead atoms. The van der Waals surface area contributed by atoms with Crippen LogP contribution in [0, 0.1) is 0 Å². The number of thiophene rings is 2. The molecular formula is C18H10O4S2. The van der Waals surface area contributed by atoms with Crippen molar-refractivity contribution in [3.8, 4) is 5.75 Å². The SMILES string of the molecule is O=C(O)c1cc2ccc(OC(=O)c3csc4ccccc34)cc2s1. The second-order valence-electron chi connectivity index (χ2n) is 5.15. The van der Waals surface area contributed by atoms with E-state index < -0.39 is 11.9 Å². The van der Waals surface area contributed by atoms with Crippen LogP contribution in [-0.2, 0) is 0 Å². The fourth-order valence-electron chi connectivity index (χ4n) is 2.48. The highest BCUT2D eigenvalue weighted by Crippen LogP contribution is 2.31. The molecule has 0 fully saturated rings. The van der Waals surface area contributed by atoms with Gasteiger partial charge in [0.05, 0.1) is 5.56 Å². The molecule has 0 atom stereocenters. The number of fused-ring (bicyclic) bond motifs is 2. The quantitative estimate of drug-likeness (QED) is 0.414. The highest BCUT2D eigenvalue weighted by Gasteiger charge is 2.15. The number of benzene rings is 2. The Balaban J connectivity index is 1.66. The zero-order valence-electron chi connectivity index (χ0n) is 12.2. The third kappa shape index (κ3) is 2.55. The summed E-state index contributed by atoms with van der Waals surface area (Å²) in [5.74, 6) is -0.970. The van der Waals surface area contributed by atoms with E-state index in [1.165, 1.54) is 11.3 Å². The highest BCUT2D eigenvalue weighted by atomic mass is 32.1.